The summed E-state index contributed by atoms with van der Waals surface area (Å²) in [6.07, 6.45) is 0. The number of quaternary nitrogens is 1. The second kappa shape index (κ2) is 3.73. The molecule has 0 radical (unpaired) electrons. The van der Waals surface area contributed by atoms with Crippen molar-refractivity contribution in [3.05, 3.63) is 47.3 Å². The summed E-state index contributed by atoms with van der Waals surface area (Å²) in [4.78, 5) is 1.36. The Balaban J connectivity index is 2.47. The molecule has 66 valence electrons. The molecule has 0 fully saturated rings. The maximum atomic E-state index is 3.92. The van der Waals surface area contributed by atoms with E-state index in [4.69, 9.17) is 0 Å². The van der Waals surface area contributed by atoms with Gasteiger partial charge < -0.3 is 5.73 Å². The van der Waals surface area contributed by atoms with Gasteiger partial charge in [-0.2, -0.15) is 0 Å². The SMILES string of the molecule is [NH3+]Cc1ccsc1-c1ccccc1. The first-order valence-electron chi connectivity index (χ1n) is 4.33. The number of hydrogen-bond donors (Lipinski definition) is 1. The molecule has 0 spiro atoms. The summed E-state index contributed by atoms with van der Waals surface area (Å²) in [5.41, 5.74) is 6.57. The summed E-state index contributed by atoms with van der Waals surface area (Å²) in [6, 6.07) is 12.6. The molecule has 1 heterocycles. The van der Waals surface area contributed by atoms with Crippen LogP contribution in [0.3, 0.4) is 0 Å². The fraction of sp³-hybridized carbons (Fsp3) is 0.0909. The van der Waals surface area contributed by atoms with Gasteiger partial charge in [-0.1, -0.05) is 30.3 Å². The summed E-state index contributed by atoms with van der Waals surface area (Å²) in [6.45, 7) is 0.869. The van der Waals surface area contributed by atoms with Crippen LogP contribution in [0.25, 0.3) is 10.4 Å². The van der Waals surface area contributed by atoms with Gasteiger partial charge in [0.15, 0.2) is 0 Å². The predicted octanol–water partition coefficient (Wildman–Crippen LogP) is 2.16. The molecule has 0 saturated carbocycles. The molecule has 0 bridgehead atoms. The lowest BCUT2D eigenvalue weighted by atomic mass is 10.1. The molecule has 1 nitrogen and oxygen atoms in total. The smallest absolute Gasteiger partial charge is 0.101 e. The number of thiophene rings is 1. The fourth-order valence-electron chi connectivity index (χ4n) is 1.38. The van der Waals surface area contributed by atoms with Crippen molar-refractivity contribution in [2.24, 2.45) is 0 Å². The molecule has 0 saturated heterocycles. The Morgan fingerprint density at radius 3 is 2.54 bits per heavy atom. The van der Waals surface area contributed by atoms with Crippen LogP contribution in [0, 0.1) is 0 Å². The van der Waals surface area contributed by atoms with Crippen molar-refractivity contribution in [3.63, 3.8) is 0 Å². The van der Waals surface area contributed by atoms with E-state index in [1.54, 1.807) is 11.3 Å². The normalized spacial score (nSPS) is 10.2. The first kappa shape index (κ1) is 8.48. The third kappa shape index (κ3) is 1.64. The van der Waals surface area contributed by atoms with Gasteiger partial charge in [-0.05, 0) is 17.0 Å². The quantitative estimate of drug-likeness (QED) is 0.751. The van der Waals surface area contributed by atoms with E-state index in [1.807, 2.05) is 6.07 Å². The molecule has 0 atom stereocenters. The minimum Gasteiger partial charge on any atom is -0.354 e. The van der Waals surface area contributed by atoms with Gasteiger partial charge in [-0.25, -0.2) is 0 Å². The summed E-state index contributed by atoms with van der Waals surface area (Å²) in [5, 5.41) is 2.13. The number of benzene rings is 1. The molecule has 0 aliphatic carbocycles. The Labute approximate surface area is 81.8 Å². The molecule has 3 N–H and O–H groups in total. The zero-order valence-electron chi connectivity index (χ0n) is 7.36. The van der Waals surface area contributed by atoms with Crippen LogP contribution < -0.4 is 5.73 Å². The molecular formula is C11H12NS+. The molecule has 2 rings (SSSR count). The maximum absolute atomic E-state index is 3.92. The molecule has 2 heteroatoms. The van der Waals surface area contributed by atoms with Gasteiger partial charge in [0.05, 0.1) is 0 Å². The third-order valence-electron chi connectivity index (χ3n) is 2.05. The molecule has 1 aromatic heterocycles. The van der Waals surface area contributed by atoms with Crippen LogP contribution in [-0.4, -0.2) is 0 Å². The number of hydrogen-bond acceptors (Lipinski definition) is 1. The highest BCUT2D eigenvalue weighted by Crippen LogP contribution is 2.28. The maximum Gasteiger partial charge on any atom is 0.101 e. The largest absolute Gasteiger partial charge is 0.354 e. The Kier molecular flexibility index (Phi) is 2.43. The van der Waals surface area contributed by atoms with Crippen LogP contribution in [0.5, 0.6) is 0 Å². The van der Waals surface area contributed by atoms with Crippen LogP contribution in [0.4, 0.5) is 0 Å². The highest BCUT2D eigenvalue weighted by Gasteiger charge is 2.05. The lowest BCUT2D eigenvalue weighted by Crippen LogP contribution is -2.47. The first-order valence-corrected chi connectivity index (χ1v) is 5.21. The van der Waals surface area contributed by atoms with Crippen LogP contribution in [0.15, 0.2) is 41.8 Å². The van der Waals surface area contributed by atoms with Crippen molar-refractivity contribution in [3.8, 4) is 10.4 Å². The van der Waals surface area contributed by atoms with E-state index in [0.717, 1.165) is 6.54 Å². The van der Waals surface area contributed by atoms with Crippen LogP contribution in [-0.2, 0) is 6.54 Å². The summed E-state index contributed by atoms with van der Waals surface area (Å²) >= 11 is 1.79. The summed E-state index contributed by atoms with van der Waals surface area (Å²) < 4.78 is 0. The van der Waals surface area contributed by atoms with E-state index >= 15 is 0 Å². The molecule has 0 unspecified atom stereocenters. The molecule has 0 aliphatic rings. The Hall–Kier alpha value is -1.12. The van der Waals surface area contributed by atoms with E-state index < -0.39 is 0 Å². The van der Waals surface area contributed by atoms with Crippen molar-refractivity contribution in [2.75, 3.05) is 0 Å². The Bertz CT molecular complexity index is 378. The minimum atomic E-state index is 0.869. The van der Waals surface area contributed by atoms with Crippen molar-refractivity contribution in [2.45, 2.75) is 6.54 Å². The Morgan fingerprint density at radius 2 is 1.85 bits per heavy atom. The predicted molar refractivity (Wildman–Crippen MR) is 56.3 cm³/mol. The van der Waals surface area contributed by atoms with Crippen LogP contribution >= 0.6 is 11.3 Å². The van der Waals surface area contributed by atoms with E-state index in [9.17, 15) is 0 Å². The molecule has 0 aliphatic heterocycles. The minimum absolute atomic E-state index is 0.869. The van der Waals surface area contributed by atoms with Crippen molar-refractivity contribution in [1.82, 2.24) is 0 Å². The van der Waals surface area contributed by atoms with Gasteiger partial charge in [-0.15, -0.1) is 11.3 Å². The molecule has 1 aromatic carbocycles. The van der Waals surface area contributed by atoms with E-state index in [-0.39, 0.29) is 0 Å². The van der Waals surface area contributed by atoms with Gasteiger partial charge in [0, 0.05) is 10.4 Å². The monoisotopic (exact) mass is 190 g/mol. The topological polar surface area (TPSA) is 27.6 Å². The van der Waals surface area contributed by atoms with Gasteiger partial charge >= 0.3 is 0 Å². The van der Waals surface area contributed by atoms with Crippen molar-refractivity contribution in [1.29, 1.82) is 0 Å². The Morgan fingerprint density at radius 1 is 1.08 bits per heavy atom. The van der Waals surface area contributed by atoms with Crippen LogP contribution in [0.1, 0.15) is 5.56 Å². The fourth-order valence-corrected chi connectivity index (χ4v) is 2.34. The van der Waals surface area contributed by atoms with Crippen molar-refractivity contribution >= 4 is 11.3 Å². The van der Waals surface area contributed by atoms with Crippen LogP contribution in [0.2, 0.25) is 0 Å². The standard InChI is InChI=1S/C11H11NS/c12-8-10-6-7-13-11(10)9-4-2-1-3-5-9/h1-7H,8,12H2/p+1. The lowest BCUT2D eigenvalue weighted by Gasteiger charge is -1.98. The van der Waals surface area contributed by atoms with Gasteiger partial charge in [0.25, 0.3) is 0 Å². The first-order chi connectivity index (χ1) is 6.42. The highest BCUT2D eigenvalue weighted by molar-refractivity contribution is 7.13. The van der Waals surface area contributed by atoms with Gasteiger partial charge in [0.2, 0.25) is 0 Å². The number of rotatable bonds is 2. The summed E-state index contributed by atoms with van der Waals surface area (Å²) in [5.74, 6) is 0. The molecule has 13 heavy (non-hydrogen) atoms. The average Bonchev–Trinajstić information content (AvgIpc) is 2.67. The van der Waals surface area contributed by atoms with E-state index in [0.29, 0.717) is 0 Å². The second-order valence-corrected chi connectivity index (χ2v) is 3.81. The second-order valence-electron chi connectivity index (χ2n) is 2.89. The lowest BCUT2D eigenvalue weighted by molar-refractivity contribution is -0.386. The van der Waals surface area contributed by atoms with Crippen molar-refractivity contribution < 1.29 is 5.73 Å². The highest BCUT2D eigenvalue weighted by atomic mass is 32.1. The molecule has 2 aromatic rings. The van der Waals surface area contributed by atoms with E-state index in [2.05, 4.69) is 41.4 Å². The van der Waals surface area contributed by atoms with E-state index in [1.165, 1.54) is 16.0 Å². The molecule has 0 amide bonds. The zero-order valence-corrected chi connectivity index (χ0v) is 8.18. The van der Waals surface area contributed by atoms with Gasteiger partial charge in [-0.3, -0.25) is 0 Å². The third-order valence-corrected chi connectivity index (χ3v) is 3.06. The molecular weight excluding hydrogens is 178 g/mol. The summed E-state index contributed by atoms with van der Waals surface area (Å²) in [7, 11) is 0. The van der Waals surface area contributed by atoms with Gasteiger partial charge in [0.1, 0.15) is 6.54 Å². The average molecular weight is 190 g/mol. The zero-order chi connectivity index (χ0) is 9.10.